The van der Waals surface area contributed by atoms with Crippen LogP contribution in [0.3, 0.4) is 0 Å². The standard InChI is InChI=1S/C12H21N3OS/c1-12(2,3)9-4-5-17-11(15-9)14-8-6-10(16)13-7-8/h8-9H,4-7H2,1-3H3,(H,13,16)(H,14,15). The number of thioether (sulfide) groups is 1. The molecule has 2 unspecified atom stereocenters. The molecule has 5 heteroatoms. The molecule has 0 radical (unpaired) electrons. The fourth-order valence-electron chi connectivity index (χ4n) is 2.10. The smallest absolute Gasteiger partial charge is 0.222 e. The minimum absolute atomic E-state index is 0.135. The Bertz CT molecular complexity index is 335. The maximum absolute atomic E-state index is 11.1. The van der Waals surface area contributed by atoms with E-state index in [1.807, 2.05) is 0 Å². The van der Waals surface area contributed by atoms with E-state index in [0.717, 1.165) is 23.9 Å². The molecular weight excluding hydrogens is 234 g/mol. The molecule has 0 bridgehead atoms. The zero-order chi connectivity index (χ0) is 12.5. The highest BCUT2D eigenvalue weighted by Crippen LogP contribution is 2.30. The SMILES string of the molecule is CC(C)(C)C1CCSC(NC2CNC(=O)C2)=N1. The van der Waals surface area contributed by atoms with Gasteiger partial charge in [0.05, 0.1) is 12.1 Å². The van der Waals surface area contributed by atoms with E-state index in [0.29, 0.717) is 12.5 Å². The van der Waals surface area contributed by atoms with Gasteiger partial charge in [-0.1, -0.05) is 32.5 Å². The van der Waals surface area contributed by atoms with Gasteiger partial charge in [0.15, 0.2) is 5.17 Å². The fraction of sp³-hybridized carbons (Fsp3) is 0.833. The summed E-state index contributed by atoms with van der Waals surface area (Å²) in [6.45, 7) is 7.42. The van der Waals surface area contributed by atoms with Crippen molar-refractivity contribution >= 4 is 22.8 Å². The predicted octanol–water partition coefficient (Wildman–Crippen LogP) is 1.37. The van der Waals surface area contributed by atoms with Crippen molar-refractivity contribution in [2.24, 2.45) is 10.4 Å². The molecule has 17 heavy (non-hydrogen) atoms. The van der Waals surface area contributed by atoms with Crippen LogP contribution in [-0.2, 0) is 4.79 Å². The minimum Gasteiger partial charge on any atom is -0.360 e. The monoisotopic (exact) mass is 255 g/mol. The zero-order valence-electron chi connectivity index (χ0n) is 10.7. The second-order valence-corrected chi connectivity index (χ2v) is 6.89. The highest BCUT2D eigenvalue weighted by atomic mass is 32.2. The van der Waals surface area contributed by atoms with Crippen LogP contribution in [0.5, 0.6) is 0 Å². The molecule has 0 spiro atoms. The summed E-state index contributed by atoms with van der Waals surface area (Å²) in [7, 11) is 0. The van der Waals surface area contributed by atoms with Gasteiger partial charge < -0.3 is 10.6 Å². The molecule has 0 aliphatic carbocycles. The Morgan fingerprint density at radius 2 is 2.24 bits per heavy atom. The summed E-state index contributed by atoms with van der Waals surface area (Å²) < 4.78 is 0. The van der Waals surface area contributed by atoms with E-state index < -0.39 is 0 Å². The Hall–Kier alpha value is -0.710. The van der Waals surface area contributed by atoms with Crippen LogP contribution in [-0.4, -0.2) is 35.5 Å². The molecule has 2 aliphatic heterocycles. The minimum atomic E-state index is 0.135. The number of nitrogens with zero attached hydrogens (tertiary/aromatic N) is 1. The first kappa shape index (κ1) is 12.7. The van der Waals surface area contributed by atoms with Gasteiger partial charge in [0, 0.05) is 18.7 Å². The first-order valence-corrected chi connectivity index (χ1v) is 7.17. The molecule has 0 aromatic heterocycles. The third-order valence-electron chi connectivity index (χ3n) is 3.21. The molecule has 0 aromatic rings. The zero-order valence-corrected chi connectivity index (χ0v) is 11.6. The van der Waals surface area contributed by atoms with E-state index in [-0.39, 0.29) is 17.4 Å². The number of carbonyl (C=O) groups excluding carboxylic acids is 1. The lowest BCUT2D eigenvalue weighted by Crippen LogP contribution is -2.39. The van der Waals surface area contributed by atoms with Crippen molar-refractivity contribution in [3.63, 3.8) is 0 Å². The van der Waals surface area contributed by atoms with Gasteiger partial charge in [0.25, 0.3) is 0 Å². The van der Waals surface area contributed by atoms with E-state index in [1.165, 1.54) is 0 Å². The molecule has 2 atom stereocenters. The van der Waals surface area contributed by atoms with Crippen LogP contribution in [0, 0.1) is 5.41 Å². The van der Waals surface area contributed by atoms with Crippen LogP contribution in [0.2, 0.25) is 0 Å². The molecule has 2 aliphatic rings. The van der Waals surface area contributed by atoms with Gasteiger partial charge in [-0.25, -0.2) is 0 Å². The van der Waals surface area contributed by atoms with Crippen LogP contribution in [0.15, 0.2) is 4.99 Å². The van der Waals surface area contributed by atoms with Gasteiger partial charge in [0.2, 0.25) is 5.91 Å². The molecule has 0 saturated carbocycles. The van der Waals surface area contributed by atoms with E-state index in [4.69, 9.17) is 4.99 Å². The summed E-state index contributed by atoms with van der Waals surface area (Å²) in [5, 5.41) is 7.23. The number of aliphatic imine (C=N–C) groups is 1. The molecule has 2 heterocycles. The Labute approximate surface area is 107 Å². The van der Waals surface area contributed by atoms with Crippen LogP contribution in [0.4, 0.5) is 0 Å². The van der Waals surface area contributed by atoms with Crippen LogP contribution < -0.4 is 10.6 Å². The molecule has 2 N–H and O–H groups in total. The summed E-state index contributed by atoms with van der Waals surface area (Å²) in [6.07, 6.45) is 1.71. The normalized spacial score (nSPS) is 29.8. The van der Waals surface area contributed by atoms with Crippen LogP contribution >= 0.6 is 11.8 Å². The summed E-state index contributed by atoms with van der Waals surface area (Å²) in [4.78, 5) is 15.9. The van der Waals surface area contributed by atoms with Crippen LogP contribution in [0.1, 0.15) is 33.6 Å². The number of amides is 1. The van der Waals surface area contributed by atoms with Gasteiger partial charge in [-0.3, -0.25) is 9.79 Å². The lowest BCUT2D eigenvalue weighted by Gasteiger charge is -2.31. The van der Waals surface area contributed by atoms with Crippen molar-refractivity contribution in [3.8, 4) is 0 Å². The first-order valence-electron chi connectivity index (χ1n) is 6.19. The fourth-order valence-corrected chi connectivity index (χ4v) is 3.08. The van der Waals surface area contributed by atoms with Crippen LogP contribution in [0.25, 0.3) is 0 Å². The van der Waals surface area contributed by atoms with E-state index in [9.17, 15) is 4.79 Å². The summed E-state index contributed by atoms with van der Waals surface area (Å²) in [5.74, 6) is 1.25. The number of rotatable bonds is 1. The van der Waals surface area contributed by atoms with Crippen molar-refractivity contribution in [2.75, 3.05) is 12.3 Å². The van der Waals surface area contributed by atoms with E-state index in [1.54, 1.807) is 11.8 Å². The topological polar surface area (TPSA) is 53.5 Å². The van der Waals surface area contributed by atoms with Gasteiger partial charge in [0.1, 0.15) is 0 Å². The van der Waals surface area contributed by atoms with Crippen molar-refractivity contribution in [1.29, 1.82) is 0 Å². The van der Waals surface area contributed by atoms with Gasteiger partial charge >= 0.3 is 0 Å². The lowest BCUT2D eigenvalue weighted by atomic mass is 9.85. The summed E-state index contributed by atoms with van der Waals surface area (Å²) >= 11 is 1.77. The van der Waals surface area contributed by atoms with Gasteiger partial charge in [-0.05, 0) is 11.8 Å². The molecule has 0 aromatic carbocycles. The molecule has 2 rings (SSSR count). The highest BCUT2D eigenvalue weighted by molar-refractivity contribution is 8.13. The number of hydrogen-bond donors (Lipinski definition) is 2. The molecular formula is C12H21N3OS. The number of hydrogen-bond acceptors (Lipinski definition) is 4. The van der Waals surface area contributed by atoms with E-state index in [2.05, 4.69) is 31.4 Å². The number of carbonyl (C=O) groups is 1. The molecule has 1 saturated heterocycles. The molecule has 4 nitrogen and oxygen atoms in total. The molecule has 1 fully saturated rings. The van der Waals surface area contributed by atoms with E-state index >= 15 is 0 Å². The summed E-state index contributed by atoms with van der Waals surface area (Å²) in [6, 6.07) is 0.601. The lowest BCUT2D eigenvalue weighted by molar-refractivity contribution is -0.119. The Kier molecular flexibility index (Phi) is 3.66. The summed E-state index contributed by atoms with van der Waals surface area (Å²) in [5.41, 5.74) is 0.220. The van der Waals surface area contributed by atoms with Crippen molar-refractivity contribution < 1.29 is 4.79 Å². The Morgan fingerprint density at radius 1 is 1.47 bits per heavy atom. The number of nitrogens with one attached hydrogen (secondary N) is 2. The largest absolute Gasteiger partial charge is 0.360 e. The predicted molar refractivity (Wildman–Crippen MR) is 72.3 cm³/mol. The van der Waals surface area contributed by atoms with Crippen molar-refractivity contribution in [3.05, 3.63) is 0 Å². The Morgan fingerprint density at radius 3 is 2.82 bits per heavy atom. The highest BCUT2D eigenvalue weighted by Gasteiger charge is 2.29. The second-order valence-electron chi connectivity index (χ2n) is 5.80. The molecule has 96 valence electrons. The quantitative estimate of drug-likeness (QED) is 0.744. The average molecular weight is 255 g/mol. The number of amidine groups is 1. The first-order chi connectivity index (χ1) is 7.95. The maximum atomic E-state index is 11.1. The van der Waals surface area contributed by atoms with Crippen molar-refractivity contribution in [2.45, 2.75) is 45.7 Å². The van der Waals surface area contributed by atoms with Crippen molar-refractivity contribution in [1.82, 2.24) is 10.6 Å². The maximum Gasteiger partial charge on any atom is 0.222 e. The average Bonchev–Trinajstić information content (AvgIpc) is 2.63. The van der Waals surface area contributed by atoms with Gasteiger partial charge in [-0.15, -0.1) is 0 Å². The second kappa shape index (κ2) is 4.88. The Balaban J connectivity index is 1.96. The third-order valence-corrected chi connectivity index (χ3v) is 4.14. The van der Waals surface area contributed by atoms with Gasteiger partial charge in [-0.2, -0.15) is 0 Å². The molecule has 1 amide bonds. The third kappa shape index (κ3) is 3.37.